The monoisotopic (exact) mass is 156 g/mol. The summed E-state index contributed by atoms with van der Waals surface area (Å²) in [6.07, 6.45) is 1.57. The van der Waals surface area contributed by atoms with Crippen molar-refractivity contribution in [2.75, 3.05) is 25.6 Å². The van der Waals surface area contributed by atoms with Crippen LogP contribution in [-0.4, -0.2) is 25.7 Å². The first-order valence-electron chi connectivity index (χ1n) is 3.50. The van der Waals surface area contributed by atoms with Gasteiger partial charge in [0.25, 0.3) is 6.01 Å². The Hall–Kier alpha value is -1.19. The highest BCUT2D eigenvalue weighted by Gasteiger charge is 2.04. The van der Waals surface area contributed by atoms with Crippen molar-refractivity contribution in [2.45, 2.75) is 6.92 Å². The quantitative estimate of drug-likeness (QED) is 0.657. The van der Waals surface area contributed by atoms with Gasteiger partial charge in [0.2, 0.25) is 0 Å². The fourth-order valence-electron chi connectivity index (χ4n) is 0.666. The molecule has 0 aliphatic heterocycles. The van der Waals surface area contributed by atoms with Crippen molar-refractivity contribution in [1.82, 2.24) is 4.98 Å². The molecule has 0 fully saturated rings. The van der Waals surface area contributed by atoms with Gasteiger partial charge in [-0.15, -0.1) is 0 Å². The average molecular weight is 156 g/mol. The van der Waals surface area contributed by atoms with Gasteiger partial charge in [-0.2, -0.15) is 4.98 Å². The summed E-state index contributed by atoms with van der Waals surface area (Å²) >= 11 is 0. The normalized spacial score (nSPS) is 9.73. The first kappa shape index (κ1) is 7.91. The van der Waals surface area contributed by atoms with E-state index < -0.39 is 0 Å². The number of anilines is 1. The Balaban J connectivity index is 2.66. The van der Waals surface area contributed by atoms with Gasteiger partial charge in [0.1, 0.15) is 6.20 Å². The number of rotatable bonds is 3. The molecule has 0 aliphatic carbocycles. The predicted octanol–water partition coefficient (Wildman–Crippen LogP) is 1.14. The number of hydrogen-bond donors (Lipinski definition) is 0. The highest BCUT2D eigenvalue weighted by Crippen LogP contribution is 2.17. The van der Waals surface area contributed by atoms with Gasteiger partial charge in [-0.1, -0.05) is 0 Å². The highest BCUT2D eigenvalue weighted by atomic mass is 16.6. The standard InChI is InChI=1S/C7H12N2O2/c1-4-10-6-5-8-7(11-6)9(2)3/h5H,4H2,1-3H3. The Labute approximate surface area is 65.8 Å². The smallest absolute Gasteiger partial charge is 0.306 e. The van der Waals surface area contributed by atoms with E-state index in [1.54, 1.807) is 11.1 Å². The molecule has 1 aromatic heterocycles. The SMILES string of the molecule is CCOc1cnc(N(C)C)o1. The minimum absolute atomic E-state index is 0.469. The molecule has 62 valence electrons. The maximum absolute atomic E-state index is 5.18. The van der Waals surface area contributed by atoms with Crippen LogP contribution in [0.2, 0.25) is 0 Å². The first-order chi connectivity index (χ1) is 5.24. The molecular weight excluding hydrogens is 144 g/mol. The summed E-state index contributed by atoms with van der Waals surface area (Å²) in [5, 5.41) is 0. The Bertz CT molecular complexity index is 220. The van der Waals surface area contributed by atoms with E-state index in [1.807, 2.05) is 21.0 Å². The van der Waals surface area contributed by atoms with Crippen molar-refractivity contribution >= 4 is 6.01 Å². The molecule has 0 aliphatic rings. The van der Waals surface area contributed by atoms with Gasteiger partial charge in [-0.25, -0.2) is 0 Å². The molecule has 0 saturated heterocycles. The lowest BCUT2D eigenvalue weighted by Crippen LogP contribution is -2.08. The number of oxazole rings is 1. The summed E-state index contributed by atoms with van der Waals surface area (Å²) in [5.41, 5.74) is 0. The van der Waals surface area contributed by atoms with Crippen LogP contribution >= 0.6 is 0 Å². The Morgan fingerprint density at radius 2 is 2.36 bits per heavy atom. The molecule has 1 aromatic rings. The predicted molar refractivity (Wildman–Crippen MR) is 42.0 cm³/mol. The molecule has 1 heterocycles. The molecule has 0 atom stereocenters. The van der Waals surface area contributed by atoms with E-state index in [0.29, 0.717) is 18.6 Å². The van der Waals surface area contributed by atoms with E-state index in [-0.39, 0.29) is 0 Å². The van der Waals surface area contributed by atoms with E-state index in [1.165, 1.54) is 0 Å². The summed E-state index contributed by atoms with van der Waals surface area (Å²) in [6, 6.07) is 0.563. The second kappa shape index (κ2) is 3.27. The van der Waals surface area contributed by atoms with Crippen LogP contribution in [-0.2, 0) is 0 Å². The molecule has 0 N–H and O–H groups in total. The lowest BCUT2D eigenvalue weighted by molar-refractivity contribution is 0.259. The van der Waals surface area contributed by atoms with Crippen LogP contribution in [0.5, 0.6) is 5.95 Å². The van der Waals surface area contributed by atoms with Crippen molar-refractivity contribution in [1.29, 1.82) is 0 Å². The van der Waals surface area contributed by atoms with Crippen LogP contribution < -0.4 is 9.64 Å². The molecule has 4 nitrogen and oxygen atoms in total. The topological polar surface area (TPSA) is 38.5 Å². The van der Waals surface area contributed by atoms with Gasteiger partial charge in [0.15, 0.2) is 0 Å². The molecule has 0 spiro atoms. The Morgan fingerprint density at radius 3 is 2.82 bits per heavy atom. The van der Waals surface area contributed by atoms with E-state index in [4.69, 9.17) is 9.15 Å². The second-order valence-electron chi connectivity index (χ2n) is 2.29. The van der Waals surface area contributed by atoms with Crippen molar-refractivity contribution in [3.8, 4) is 5.95 Å². The van der Waals surface area contributed by atoms with Gasteiger partial charge in [-0.3, -0.25) is 0 Å². The zero-order valence-electron chi connectivity index (χ0n) is 7.00. The van der Waals surface area contributed by atoms with Gasteiger partial charge < -0.3 is 14.1 Å². The molecule has 0 unspecified atom stereocenters. The molecule has 11 heavy (non-hydrogen) atoms. The van der Waals surface area contributed by atoms with E-state index >= 15 is 0 Å². The van der Waals surface area contributed by atoms with Crippen LogP contribution in [0, 0.1) is 0 Å². The van der Waals surface area contributed by atoms with Crippen LogP contribution in [0.1, 0.15) is 6.92 Å². The number of ether oxygens (including phenoxy) is 1. The van der Waals surface area contributed by atoms with Crippen LogP contribution in [0.15, 0.2) is 10.6 Å². The van der Waals surface area contributed by atoms with Gasteiger partial charge in [0.05, 0.1) is 6.61 Å². The van der Waals surface area contributed by atoms with Crippen LogP contribution in [0.4, 0.5) is 6.01 Å². The molecular formula is C7H12N2O2. The third kappa shape index (κ3) is 1.86. The molecule has 0 amide bonds. The largest absolute Gasteiger partial charge is 0.464 e. The fraction of sp³-hybridized carbons (Fsp3) is 0.571. The molecule has 4 heteroatoms. The maximum atomic E-state index is 5.18. The lowest BCUT2D eigenvalue weighted by Gasteiger charge is -2.03. The van der Waals surface area contributed by atoms with E-state index in [0.717, 1.165) is 0 Å². The number of hydrogen-bond acceptors (Lipinski definition) is 4. The van der Waals surface area contributed by atoms with Crippen molar-refractivity contribution < 1.29 is 9.15 Å². The molecule has 0 saturated carbocycles. The van der Waals surface area contributed by atoms with Gasteiger partial charge in [-0.05, 0) is 6.92 Å². The minimum Gasteiger partial charge on any atom is -0.464 e. The number of aromatic nitrogens is 1. The molecule has 0 bridgehead atoms. The molecule has 0 aromatic carbocycles. The first-order valence-corrected chi connectivity index (χ1v) is 3.50. The highest BCUT2D eigenvalue weighted by molar-refractivity contribution is 5.24. The summed E-state index contributed by atoms with van der Waals surface area (Å²) in [5.74, 6) is 0.469. The van der Waals surface area contributed by atoms with Crippen LogP contribution in [0.25, 0.3) is 0 Å². The zero-order valence-corrected chi connectivity index (χ0v) is 7.00. The van der Waals surface area contributed by atoms with Crippen molar-refractivity contribution in [3.63, 3.8) is 0 Å². The van der Waals surface area contributed by atoms with E-state index in [2.05, 4.69) is 4.98 Å². The fourth-order valence-corrected chi connectivity index (χ4v) is 0.666. The third-order valence-corrected chi connectivity index (χ3v) is 1.14. The lowest BCUT2D eigenvalue weighted by atomic mass is 10.8. The molecule has 0 radical (unpaired) electrons. The van der Waals surface area contributed by atoms with E-state index in [9.17, 15) is 0 Å². The van der Waals surface area contributed by atoms with Gasteiger partial charge >= 0.3 is 5.95 Å². The van der Waals surface area contributed by atoms with Crippen molar-refractivity contribution in [2.24, 2.45) is 0 Å². The Morgan fingerprint density at radius 1 is 1.64 bits per heavy atom. The summed E-state index contributed by atoms with van der Waals surface area (Å²) in [6.45, 7) is 2.50. The summed E-state index contributed by atoms with van der Waals surface area (Å²) in [4.78, 5) is 5.75. The summed E-state index contributed by atoms with van der Waals surface area (Å²) < 4.78 is 10.3. The zero-order chi connectivity index (χ0) is 8.27. The molecule has 1 rings (SSSR count). The van der Waals surface area contributed by atoms with Crippen LogP contribution in [0.3, 0.4) is 0 Å². The number of nitrogens with zero attached hydrogens (tertiary/aromatic N) is 2. The van der Waals surface area contributed by atoms with Crippen molar-refractivity contribution in [3.05, 3.63) is 6.20 Å². The minimum atomic E-state index is 0.469. The maximum Gasteiger partial charge on any atom is 0.306 e. The summed E-state index contributed by atoms with van der Waals surface area (Å²) in [7, 11) is 3.73. The Kier molecular flexibility index (Phi) is 2.36. The van der Waals surface area contributed by atoms with Gasteiger partial charge in [0, 0.05) is 14.1 Å². The second-order valence-corrected chi connectivity index (χ2v) is 2.29. The third-order valence-electron chi connectivity index (χ3n) is 1.14. The average Bonchev–Trinajstić information content (AvgIpc) is 2.37.